The van der Waals surface area contributed by atoms with Gasteiger partial charge in [0.25, 0.3) is 0 Å². The average molecular weight is 398 g/mol. The number of carbonyl (C=O) groups excluding carboxylic acids is 1. The molecule has 1 aromatic heterocycles. The molecule has 0 spiro atoms. The molecule has 2 heterocycles. The van der Waals surface area contributed by atoms with E-state index in [4.69, 9.17) is 4.74 Å². The molecule has 0 radical (unpaired) electrons. The van der Waals surface area contributed by atoms with Crippen LogP contribution < -0.4 is 10.1 Å². The van der Waals surface area contributed by atoms with Gasteiger partial charge in [-0.3, -0.25) is 4.90 Å². The van der Waals surface area contributed by atoms with Gasteiger partial charge >= 0.3 is 6.03 Å². The molecular formula is C22H27FN4O2. The van der Waals surface area contributed by atoms with Crippen molar-refractivity contribution in [3.8, 4) is 11.6 Å². The SMILES string of the molecule is O=C(NCc1ccc(Oc2cccc(F)c2)nc1)N1CCN(C2CCCC2)CC1. The number of aromatic nitrogens is 1. The monoisotopic (exact) mass is 398 g/mol. The van der Waals surface area contributed by atoms with Gasteiger partial charge in [-0.2, -0.15) is 0 Å². The van der Waals surface area contributed by atoms with E-state index in [2.05, 4.69) is 15.2 Å². The molecular weight excluding hydrogens is 371 g/mol. The molecule has 2 aliphatic rings. The molecule has 1 saturated heterocycles. The van der Waals surface area contributed by atoms with E-state index in [-0.39, 0.29) is 11.8 Å². The van der Waals surface area contributed by atoms with Gasteiger partial charge in [-0.25, -0.2) is 14.2 Å². The summed E-state index contributed by atoms with van der Waals surface area (Å²) in [5, 5.41) is 2.97. The number of nitrogens with zero attached hydrogens (tertiary/aromatic N) is 3. The van der Waals surface area contributed by atoms with Crippen LogP contribution in [0.15, 0.2) is 42.6 Å². The number of pyridine rings is 1. The van der Waals surface area contributed by atoms with E-state index in [0.29, 0.717) is 18.2 Å². The van der Waals surface area contributed by atoms with Gasteiger partial charge in [-0.15, -0.1) is 0 Å². The fourth-order valence-corrected chi connectivity index (χ4v) is 4.08. The van der Waals surface area contributed by atoms with E-state index in [9.17, 15) is 9.18 Å². The Morgan fingerprint density at radius 3 is 2.62 bits per heavy atom. The normalized spacial score (nSPS) is 18.0. The van der Waals surface area contributed by atoms with Crippen LogP contribution in [0.25, 0.3) is 0 Å². The van der Waals surface area contributed by atoms with Crippen molar-refractivity contribution in [3.63, 3.8) is 0 Å². The number of benzene rings is 1. The molecule has 1 aromatic carbocycles. The first-order valence-electron chi connectivity index (χ1n) is 10.3. The van der Waals surface area contributed by atoms with Crippen LogP contribution in [0.3, 0.4) is 0 Å². The van der Waals surface area contributed by atoms with Crippen LogP contribution in [-0.4, -0.2) is 53.0 Å². The second kappa shape index (κ2) is 9.22. The topological polar surface area (TPSA) is 57.7 Å². The maximum absolute atomic E-state index is 13.2. The zero-order valence-electron chi connectivity index (χ0n) is 16.5. The highest BCUT2D eigenvalue weighted by Crippen LogP contribution is 2.24. The van der Waals surface area contributed by atoms with Crippen molar-refractivity contribution in [2.75, 3.05) is 26.2 Å². The summed E-state index contributed by atoms with van der Waals surface area (Å²) in [4.78, 5) is 21.1. The summed E-state index contributed by atoms with van der Waals surface area (Å²) in [7, 11) is 0. The van der Waals surface area contributed by atoms with Crippen molar-refractivity contribution in [1.29, 1.82) is 0 Å². The van der Waals surface area contributed by atoms with Crippen LogP contribution in [-0.2, 0) is 6.54 Å². The van der Waals surface area contributed by atoms with Crippen molar-refractivity contribution in [2.45, 2.75) is 38.3 Å². The molecule has 4 rings (SSSR count). The Kier molecular flexibility index (Phi) is 6.24. The Labute approximate surface area is 170 Å². The average Bonchev–Trinajstić information content (AvgIpc) is 3.28. The van der Waals surface area contributed by atoms with Gasteiger partial charge in [0, 0.05) is 57.1 Å². The van der Waals surface area contributed by atoms with E-state index in [1.54, 1.807) is 24.4 Å². The van der Waals surface area contributed by atoms with E-state index in [1.165, 1.54) is 37.8 Å². The van der Waals surface area contributed by atoms with E-state index in [1.807, 2.05) is 11.0 Å². The Morgan fingerprint density at radius 1 is 1.14 bits per heavy atom. The lowest BCUT2D eigenvalue weighted by molar-refractivity contribution is 0.109. The second-order valence-corrected chi connectivity index (χ2v) is 7.68. The van der Waals surface area contributed by atoms with Crippen LogP contribution in [0.5, 0.6) is 11.6 Å². The number of ether oxygens (including phenoxy) is 1. The molecule has 2 fully saturated rings. The minimum absolute atomic E-state index is 0.0313. The lowest BCUT2D eigenvalue weighted by Gasteiger charge is -2.38. The first-order valence-corrected chi connectivity index (χ1v) is 10.3. The predicted octanol–water partition coefficient (Wildman–Crippen LogP) is 3.78. The van der Waals surface area contributed by atoms with Crippen molar-refractivity contribution in [1.82, 2.24) is 20.1 Å². The molecule has 1 N–H and O–H groups in total. The molecule has 154 valence electrons. The molecule has 2 aromatic rings. The first-order chi connectivity index (χ1) is 14.2. The number of amides is 2. The number of piperazine rings is 1. The van der Waals surface area contributed by atoms with E-state index < -0.39 is 0 Å². The standard InChI is InChI=1S/C22H27FN4O2/c23-18-4-3-7-20(14-18)29-21-9-8-17(15-24-21)16-25-22(28)27-12-10-26(11-13-27)19-5-1-2-6-19/h3-4,7-9,14-15,19H,1-2,5-6,10-13,16H2,(H,25,28). The quantitative estimate of drug-likeness (QED) is 0.833. The third-order valence-electron chi connectivity index (χ3n) is 5.70. The Bertz CT molecular complexity index is 816. The minimum Gasteiger partial charge on any atom is -0.439 e. The molecule has 1 aliphatic carbocycles. The summed E-state index contributed by atoms with van der Waals surface area (Å²) in [6.07, 6.45) is 6.94. The first kappa shape index (κ1) is 19.6. The van der Waals surface area contributed by atoms with E-state index >= 15 is 0 Å². The summed E-state index contributed by atoms with van der Waals surface area (Å²) >= 11 is 0. The molecule has 0 unspecified atom stereocenters. The maximum atomic E-state index is 13.2. The minimum atomic E-state index is -0.356. The van der Waals surface area contributed by atoms with Crippen LogP contribution in [0.2, 0.25) is 0 Å². The highest BCUT2D eigenvalue weighted by molar-refractivity contribution is 5.74. The summed E-state index contributed by atoms with van der Waals surface area (Å²) < 4.78 is 18.8. The number of halogens is 1. The third kappa shape index (κ3) is 5.23. The van der Waals surface area contributed by atoms with Gasteiger partial charge < -0.3 is 15.0 Å². The van der Waals surface area contributed by atoms with Gasteiger partial charge in [0.2, 0.25) is 5.88 Å². The zero-order chi connectivity index (χ0) is 20.1. The maximum Gasteiger partial charge on any atom is 0.317 e. The fraction of sp³-hybridized carbons (Fsp3) is 0.455. The summed E-state index contributed by atoms with van der Waals surface area (Å²) in [6.45, 7) is 3.90. The van der Waals surface area contributed by atoms with Gasteiger partial charge in [-0.05, 0) is 30.5 Å². The van der Waals surface area contributed by atoms with Crippen molar-refractivity contribution >= 4 is 6.03 Å². The van der Waals surface area contributed by atoms with Crippen LogP contribution in [0.1, 0.15) is 31.2 Å². The van der Waals surface area contributed by atoms with Gasteiger partial charge in [0.05, 0.1) is 0 Å². The number of hydrogen-bond acceptors (Lipinski definition) is 4. The zero-order valence-corrected chi connectivity index (χ0v) is 16.5. The van der Waals surface area contributed by atoms with E-state index in [0.717, 1.165) is 37.8 Å². The summed E-state index contributed by atoms with van der Waals surface area (Å²) in [6, 6.07) is 10.2. The second-order valence-electron chi connectivity index (χ2n) is 7.68. The Hall–Kier alpha value is -2.67. The van der Waals surface area contributed by atoms with Gasteiger partial charge in [-0.1, -0.05) is 25.0 Å². The summed E-state index contributed by atoms with van der Waals surface area (Å²) in [5.41, 5.74) is 0.884. The number of hydrogen-bond donors (Lipinski definition) is 1. The number of nitrogens with one attached hydrogen (secondary N) is 1. The molecule has 7 heteroatoms. The third-order valence-corrected chi connectivity index (χ3v) is 5.70. The summed E-state index contributed by atoms with van der Waals surface area (Å²) in [5.74, 6) is 0.426. The van der Waals surface area contributed by atoms with Crippen LogP contribution >= 0.6 is 0 Å². The van der Waals surface area contributed by atoms with Crippen molar-refractivity contribution in [2.24, 2.45) is 0 Å². The lowest BCUT2D eigenvalue weighted by Crippen LogP contribution is -2.53. The fourth-order valence-electron chi connectivity index (χ4n) is 4.08. The van der Waals surface area contributed by atoms with Crippen LogP contribution in [0, 0.1) is 5.82 Å². The molecule has 0 bridgehead atoms. The largest absolute Gasteiger partial charge is 0.439 e. The van der Waals surface area contributed by atoms with Gasteiger partial charge in [0.1, 0.15) is 11.6 Å². The van der Waals surface area contributed by atoms with Crippen molar-refractivity contribution in [3.05, 3.63) is 54.0 Å². The predicted molar refractivity (Wildman–Crippen MR) is 108 cm³/mol. The Morgan fingerprint density at radius 2 is 1.93 bits per heavy atom. The molecule has 1 aliphatic heterocycles. The Balaban J connectivity index is 1.22. The molecule has 1 saturated carbocycles. The molecule has 29 heavy (non-hydrogen) atoms. The molecule has 2 amide bonds. The highest BCUT2D eigenvalue weighted by Gasteiger charge is 2.27. The van der Waals surface area contributed by atoms with Crippen molar-refractivity contribution < 1.29 is 13.9 Å². The number of carbonyl (C=O) groups is 1. The molecule has 6 nitrogen and oxygen atoms in total. The highest BCUT2D eigenvalue weighted by atomic mass is 19.1. The number of rotatable bonds is 5. The molecule has 0 atom stereocenters. The number of urea groups is 1. The van der Waals surface area contributed by atoms with Crippen LogP contribution in [0.4, 0.5) is 9.18 Å². The lowest BCUT2D eigenvalue weighted by atomic mass is 10.2. The van der Waals surface area contributed by atoms with Gasteiger partial charge in [0.15, 0.2) is 0 Å². The smallest absolute Gasteiger partial charge is 0.317 e.